The van der Waals surface area contributed by atoms with E-state index in [-0.39, 0.29) is 114 Å². The second-order valence-electron chi connectivity index (χ2n) is 18.3. The van der Waals surface area contributed by atoms with Crippen LogP contribution in [0.5, 0.6) is 11.6 Å². The van der Waals surface area contributed by atoms with E-state index in [0.717, 1.165) is 29.2 Å². The van der Waals surface area contributed by atoms with Gasteiger partial charge in [0.1, 0.15) is 54.6 Å². The van der Waals surface area contributed by atoms with Crippen molar-refractivity contribution in [1.82, 2.24) is 14.4 Å². The molecule has 0 fully saturated rings. The van der Waals surface area contributed by atoms with Gasteiger partial charge in [0.2, 0.25) is 16.9 Å². The van der Waals surface area contributed by atoms with Crippen molar-refractivity contribution in [3.63, 3.8) is 0 Å². The highest BCUT2D eigenvalue weighted by atomic mass is 32.2. The molecule has 0 saturated carbocycles. The van der Waals surface area contributed by atoms with Crippen LogP contribution in [-0.2, 0) is 65.5 Å². The number of nitrogens with one attached hydrogen (secondary N) is 1. The fourth-order valence-electron chi connectivity index (χ4n) is 8.39. The zero-order valence-corrected chi connectivity index (χ0v) is 50.6. The highest BCUT2D eigenvalue weighted by Crippen LogP contribution is 2.46. The normalized spacial score (nSPS) is 13.1. The molecule has 86 heavy (non-hydrogen) atoms. The lowest BCUT2D eigenvalue weighted by Gasteiger charge is -2.13. The summed E-state index contributed by atoms with van der Waals surface area (Å²) in [6.45, 7) is 5.03. The fraction of sp³-hybridized carbons (Fsp3) is 0.217. The van der Waals surface area contributed by atoms with Crippen molar-refractivity contribution in [3.05, 3.63) is 76.9 Å². The molecular weight excluding hydrogens is 1300 g/mol. The van der Waals surface area contributed by atoms with Crippen LogP contribution < -0.4 is 10.1 Å². The number of aryl methyl sites for hydroxylation is 2. The number of hydrogen-bond donors (Lipinski definition) is 8. The predicted molar refractivity (Wildman–Crippen MR) is 308 cm³/mol. The van der Waals surface area contributed by atoms with Gasteiger partial charge in [-0.3, -0.25) is 36.5 Å². The monoisotopic (exact) mass is 1340 g/mol. The molecule has 0 spiro atoms. The number of thioether (sulfide) groups is 1. The molecule has 454 valence electrons. The van der Waals surface area contributed by atoms with Gasteiger partial charge in [-0.15, -0.1) is 37.3 Å². The van der Waals surface area contributed by atoms with Crippen LogP contribution in [0.25, 0.3) is 37.7 Å². The summed E-state index contributed by atoms with van der Waals surface area (Å²) in [7, 11) is -29.7. The third-order valence-corrected chi connectivity index (χ3v) is 19.4. The van der Waals surface area contributed by atoms with Crippen LogP contribution in [-0.4, -0.2) is 127 Å². The lowest BCUT2D eigenvalue weighted by atomic mass is 10.1. The summed E-state index contributed by atoms with van der Waals surface area (Å²) < 4.78 is 212. The molecule has 3 heterocycles. The largest absolute Gasteiger partial charge is 0.493 e. The number of azo groups is 3. The molecule has 8 N–H and O–H groups in total. The van der Waals surface area contributed by atoms with E-state index in [9.17, 15) is 93.0 Å². The van der Waals surface area contributed by atoms with Crippen molar-refractivity contribution in [2.24, 2.45) is 30.7 Å². The second-order valence-corrected chi connectivity index (χ2v) is 29.1. The molecule has 0 aliphatic heterocycles. The molecular formula is C46H41N11O21S8. The van der Waals surface area contributed by atoms with Gasteiger partial charge in [0.25, 0.3) is 60.7 Å². The maximum absolute atomic E-state index is 12.7. The number of carbonyl (C=O) groups excluding carboxylic acids is 1. The predicted octanol–water partition coefficient (Wildman–Crippen LogP) is 8.97. The molecule has 0 saturated heterocycles. The number of imidazole rings is 1. The zero-order valence-electron chi connectivity index (χ0n) is 44.0. The van der Waals surface area contributed by atoms with Crippen molar-refractivity contribution in [1.29, 1.82) is 5.26 Å². The van der Waals surface area contributed by atoms with Crippen molar-refractivity contribution >= 4 is 167 Å². The Kier molecular flexibility index (Phi) is 17.9. The van der Waals surface area contributed by atoms with Gasteiger partial charge in [0.05, 0.1) is 50.1 Å². The van der Waals surface area contributed by atoms with Crippen molar-refractivity contribution in [2.75, 3.05) is 29.2 Å². The number of thiazole rings is 1. The number of aromatic hydroxyl groups is 1. The molecule has 0 radical (unpaired) electrons. The highest BCUT2D eigenvalue weighted by Gasteiger charge is 2.30. The minimum Gasteiger partial charge on any atom is -0.493 e. The maximum Gasteiger partial charge on any atom is 0.296 e. The van der Waals surface area contributed by atoms with Gasteiger partial charge in [-0.2, -0.15) is 60.9 Å². The molecule has 32 nitrogen and oxygen atoms in total. The van der Waals surface area contributed by atoms with Crippen LogP contribution in [0.15, 0.2) is 110 Å². The van der Waals surface area contributed by atoms with E-state index < -0.39 is 125 Å². The van der Waals surface area contributed by atoms with Gasteiger partial charge in [-0.1, -0.05) is 17.4 Å². The Hall–Kier alpha value is -7.63. The Balaban J connectivity index is 1.25. The minimum absolute atomic E-state index is 0.0196. The molecule has 0 atom stereocenters. The van der Waals surface area contributed by atoms with Gasteiger partial charge in [-0.05, 0) is 93.0 Å². The number of rotatable bonds is 21. The zero-order chi connectivity index (χ0) is 63.4. The summed E-state index contributed by atoms with van der Waals surface area (Å²) in [4.78, 5) is 17.4. The molecule has 0 aliphatic rings. The average Bonchev–Trinajstić information content (AvgIpc) is 1.55. The molecule has 1 amide bonds. The molecule has 0 unspecified atom stereocenters. The van der Waals surface area contributed by atoms with Gasteiger partial charge in [0, 0.05) is 34.2 Å². The number of pyridine rings is 1. The first-order valence-electron chi connectivity index (χ1n) is 23.7. The summed E-state index contributed by atoms with van der Waals surface area (Å²) in [6.07, 6.45) is -0.407. The first-order chi connectivity index (χ1) is 39.8. The number of nitrogens with zero attached hydrogens (tertiary/aromatic N) is 10. The summed E-state index contributed by atoms with van der Waals surface area (Å²) in [5.74, 6) is -3.06. The third kappa shape index (κ3) is 14.3. The quantitative estimate of drug-likeness (QED) is 0.0144. The van der Waals surface area contributed by atoms with E-state index in [4.69, 9.17) is 4.74 Å². The summed E-state index contributed by atoms with van der Waals surface area (Å²) >= 11 is 1.41. The number of ether oxygens (including phenoxy) is 1. The number of aromatic nitrogens is 3. The molecule has 8 rings (SSSR count). The van der Waals surface area contributed by atoms with E-state index in [1.54, 1.807) is 0 Å². The number of amides is 1. The molecule has 0 bridgehead atoms. The second kappa shape index (κ2) is 23.9. The lowest BCUT2D eigenvalue weighted by Crippen LogP contribution is -2.08. The molecule has 40 heteroatoms. The van der Waals surface area contributed by atoms with Crippen molar-refractivity contribution in [2.45, 2.75) is 65.0 Å². The SMILES string of the molecule is CC(=O)Nc1cc(N=Nc2cc(OCCCS(=O)(=O)O)c(N=Nc3c(C)c(C#N)c4nc5ccc(C)c(S(=O)(=O)O)c5n4c3O)cc2C)c(SCCCS(=O)(=O)O)cc1N=Nc1nc2c(S(=O)(=O)O)cc3c(S(=O)(=O)O)cc(S(=O)(=O)O)cc3c2s1. The van der Waals surface area contributed by atoms with Gasteiger partial charge >= 0.3 is 0 Å². The number of nitriles is 1. The van der Waals surface area contributed by atoms with Gasteiger partial charge in [0.15, 0.2) is 11.3 Å². The number of carbonyl (C=O) groups is 1. The van der Waals surface area contributed by atoms with E-state index >= 15 is 0 Å². The van der Waals surface area contributed by atoms with Crippen LogP contribution in [0.4, 0.5) is 39.3 Å². The Bertz CT molecular complexity index is 5080. The van der Waals surface area contributed by atoms with Gasteiger partial charge < -0.3 is 15.2 Å². The van der Waals surface area contributed by atoms with Gasteiger partial charge in [-0.25, -0.2) is 9.97 Å². The van der Waals surface area contributed by atoms with Crippen LogP contribution >= 0.6 is 23.1 Å². The van der Waals surface area contributed by atoms with Crippen LogP contribution in [0.1, 0.15) is 42.0 Å². The first kappa shape index (κ1) is 64.4. The smallest absolute Gasteiger partial charge is 0.296 e. The van der Waals surface area contributed by atoms with Crippen molar-refractivity contribution in [3.8, 4) is 17.7 Å². The maximum atomic E-state index is 12.7. The molecule has 3 aromatic heterocycles. The first-order valence-corrected chi connectivity index (χ1v) is 34.5. The summed E-state index contributed by atoms with van der Waals surface area (Å²) in [5.41, 5.74) is -1.75. The van der Waals surface area contributed by atoms with E-state index in [0.29, 0.717) is 23.5 Å². The summed E-state index contributed by atoms with van der Waals surface area (Å²) in [6, 6.07) is 11.6. The number of benzene rings is 5. The third-order valence-electron chi connectivity index (χ3n) is 12.1. The van der Waals surface area contributed by atoms with E-state index in [1.807, 2.05) is 6.07 Å². The molecule has 8 aromatic rings. The van der Waals surface area contributed by atoms with Crippen LogP contribution in [0, 0.1) is 32.1 Å². The minimum atomic E-state index is -5.36. The van der Waals surface area contributed by atoms with E-state index in [2.05, 4.69) is 46.0 Å². The summed E-state index contributed by atoms with van der Waals surface area (Å²) in [5, 5.41) is 48.5. The number of fused-ring (bicyclic) bond motifs is 6. The Morgan fingerprint density at radius 1 is 0.698 bits per heavy atom. The Labute approximate surface area is 494 Å². The average molecular weight is 1340 g/mol. The topological polar surface area (TPSA) is 513 Å². The number of anilines is 1. The Morgan fingerprint density at radius 2 is 1.34 bits per heavy atom. The van der Waals surface area contributed by atoms with Crippen LogP contribution in [0.2, 0.25) is 0 Å². The fourth-order valence-corrected chi connectivity index (χ4v) is 14.4. The molecule has 0 aliphatic carbocycles. The highest BCUT2D eigenvalue weighted by molar-refractivity contribution is 7.99. The lowest BCUT2D eigenvalue weighted by molar-refractivity contribution is -0.114. The van der Waals surface area contributed by atoms with Crippen molar-refractivity contribution < 1.29 is 92.5 Å². The Morgan fingerprint density at radius 3 is 1.95 bits per heavy atom. The standard InChI is InChI=1S/C46H41N11O21S8/c1-21-7-8-29-41(43(21)86(75,76)77)57-44(49-29)28(20-47)23(3)39(45(57)59)55-53-33-13-22(2)30(18-35(33)78-9-5-11-81(60,61)62)51-54-34-17-31(48-24(4)58)32(19-36(34)79-10-6-12-82(63,64)65)52-56-46-50-40-38(85(72,73)74)16-26-27(42(40)80-46)14-25(83(66,67)68)15-37(26)84(69,70)71/h7-8,13-19,59H,5-6,9-12H2,1-4H3,(H,48,58)(H,60,61,62)(H,63,64,65)(H,66,67,68)(H,69,70,71)(H,72,73,74)(H,75,76,77). The van der Waals surface area contributed by atoms with Crippen LogP contribution in [0.3, 0.4) is 0 Å². The molecule has 5 aromatic carbocycles. The van der Waals surface area contributed by atoms with E-state index in [1.165, 1.54) is 57.2 Å². The number of hydrogen-bond acceptors (Lipinski definition) is 26.